The first kappa shape index (κ1) is 12.7. The highest BCUT2D eigenvalue weighted by Gasteiger charge is 2.48. The number of hydrogen-bond acceptors (Lipinski definition) is 2. The molecule has 20 heavy (non-hydrogen) atoms. The minimum absolute atomic E-state index is 0.141. The van der Waals surface area contributed by atoms with Crippen LogP contribution >= 0.6 is 0 Å². The molecule has 110 valence electrons. The van der Waals surface area contributed by atoms with Gasteiger partial charge in [0.25, 0.3) is 0 Å². The summed E-state index contributed by atoms with van der Waals surface area (Å²) in [6.07, 6.45) is 7.21. The van der Waals surface area contributed by atoms with E-state index in [0.717, 1.165) is 31.2 Å². The summed E-state index contributed by atoms with van der Waals surface area (Å²) < 4.78 is 0. The molecule has 4 rings (SSSR count). The third-order valence-electron chi connectivity index (χ3n) is 6.35. The molecular formula is C16H24N2O2. The van der Waals surface area contributed by atoms with E-state index in [9.17, 15) is 9.59 Å². The summed E-state index contributed by atoms with van der Waals surface area (Å²) in [5.41, 5.74) is 0. The van der Waals surface area contributed by atoms with Gasteiger partial charge in [0.05, 0.1) is 0 Å². The molecule has 2 bridgehead atoms. The predicted octanol–water partition coefficient (Wildman–Crippen LogP) is 1.64. The summed E-state index contributed by atoms with van der Waals surface area (Å²) in [6, 6.07) is 0.113. The van der Waals surface area contributed by atoms with Crippen molar-refractivity contribution in [1.29, 1.82) is 0 Å². The van der Waals surface area contributed by atoms with Crippen LogP contribution in [0.3, 0.4) is 0 Å². The highest BCUT2D eigenvalue weighted by Crippen LogP contribution is 2.50. The van der Waals surface area contributed by atoms with Crippen LogP contribution in [0.5, 0.6) is 0 Å². The fourth-order valence-electron chi connectivity index (χ4n) is 5.29. The molecule has 2 aliphatic heterocycles. The van der Waals surface area contributed by atoms with Gasteiger partial charge in [-0.1, -0.05) is 6.42 Å². The molecule has 0 aromatic rings. The van der Waals surface area contributed by atoms with E-state index < -0.39 is 0 Å². The molecule has 2 aliphatic carbocycles. The second-order valence-electron chi connectivity index (χ2n) is 7.29. The normalized spacial score (nSPS) is 41.5. The first-order chi connectivity index (χ1) is 9.65. The highest BCUT2D eigenvalue weighted by molar-refractivity contribution is 5.95. The number of piperazine rings is 1. The van der Waals surface area contributed by atoms with Crippen LogP contribution in [0.1, 0.15) is 45.4 Å². The molecule has 2 saturated heterocycles. The average Bonchev–Trinajstić information content (AvgIpc) is 3.16. The molecule has 2 amide bonds. The Labute approximate surface area is 120 Å². The van der Waals surface area contributed by atoms with Gasteiger partial charge in [-0.05, 0) is 56.8 Å². The molecule has 4 nitrogen and oxygen atoms in total. The van der Waals surface area contributed by atoms with Crippen molar-refractivity contribution in [2.75, 3.05) is 13.1 Å². The largest absolute Gasteiger partial charge is 0.329 e. The molecule has 2 saturated carbocycles. The molecule has 4 aliphatic rings. The topological polar surface area (TPSA) is 40.6 Å². The number of rotatable bonds is 2. The predicted molar refractivity (Wildman–Crippen MR) is 74.8 cm³/mol. The molecule has 5 unspecified atom stereocenters. The van der Waals surface area contributed by atoms with Crippen LogP contribution in [0, 0.1) is 17.8 Å². The molecule has 4 heteroatoms. The van der Waals surface area contributed by atoms with Crippen LogP contribution < -0.4 is 0 Å². The van der Waals surface area contributed by atoms with Gasteiger partial charge in [0.2, 0.25) is 11.8 Å². The Balaban J connectivity index is 1.52. The van der Waals surface area contributed by atoms with E-state index in [4.69, 9.17) is 0 Å². The molecule has 2 heterocycles. The fraction of sp³-hybridized carbons (Fsp3) is 0.875. The van der Waals surface area contributed by atoms with Gasteiger partial charge in [-0.15, -0.1) is 0 Å². The third kappa shape index (κ3) is 1.73. The maximum absolute atomic E-state index is 12.7. The number of carbonyl (C=O) groups is 2. The highest BCUT2D eigenvalue weighted by atomic mass is 16.2. The number of carbonyl (C=O) groups excluding carboxylic acids is 2. The Hall–Kier alpha value is -1.06. The Morgan fingerprint density at radius 2 is 2.00 bits per heavy atom. The maximum atomic E-state index is 12.7. The average molecular weight is 276 g/mol. The van der Waals surface area contributed by atoms with Gasteiger partial charge in [0.15, 0.2) is 0 Å². The molecule has 0 aromatic carbocycles. The van der Waals surface area contributed by atoms with Crippen molar-refractivity contribution in [3.05, 3.63) is 0 Å². The lowest BCUT2D eigenvalue weighted by atomic mass is 9.83. The lowest BCUT2D eigenvalue weighted by Gasteiger charge is -2.43. The van der Waals surface area contributed by atoms with Gasteiger partial charge in [-0.2, -0.15) is 0 Å². The van der Waals surface area contributed by atoms with Crippen LogP contribution in [0.2, 0.25) is 0 Å². The first-order valence-electron chi connectivity index (χ1n) is 8.25. The molecule has 5 atom stereocenters. The summed E-state index contributed by atoms with van der Waals surface area (Å²) >= 11 is 0. The molecule has 0 aromatic heterocycles. The van der Waals surface area contributed by atoms with Gasteiger partial charge >= 0.3 is 0 Å². The maximum Gasteiger partial charge on any atom is 0.246 e. The van der Waals surface area contributed by atoms with E-state index >= 15 is 0 Å². The second-order valence-corrected chi connectivity index (χ2v) is 7.29. The van der Waals surface area contributed by atoms with E-state index in [1.807, 2.05) is 9.80 Å². The summed E-state index contributed by atoms with van der Waals surface area (Å²) in [4.78, 5) is 28.7. The number of fused-ring (bicyclic) bond motifs is 3. The van der Waals surface area contributed by atoms with Crippen LogP contribution in [-0.2, 0) is 9.59 Å². The van der Waals surface area contributed by atoms with Crippen molar-refractivity contribution in [1.82, 2.24) is 9.80 Å². The fourth-order valence-corrected chi connectivity index (χ4v) is 5.29. The van der Waals surface area contributed by atoms with Crippen LogP contribution in [0.25, 0.3) is 0 Å². The Bertz CT molecular complexity index is 450. The SMILES string of the molecule is CC(C1CC2CCC1C2)N1CC(=O)N2CCCC2C1=O. The van der Waals surface area contributed by atoms with Crippen LogP contribution in [0.4, 0.5) is 0 Å². The van der Waals surface area contributed by atoms with Crippen LogP contribution in [-0.4, -0.2) is 46.8 Å². The van der Waals surface area contributed by atoms with Crippen molar-refractivity contribution in [2.24, 2.45) is 17.8 Å². The second kappa shape index (κ2) is 4.47. The van der Waals surface area contributed by atoms with E-state index in [1.54, 1.807) is 0 Å². The molecule has 4 fully saturated rings. The van der Waals surface area contributed by atoms with E-state index in [1.165, 1.54) is 25.7 Å². The van der Waals surface area contributed by atoms with Gasteiger partial charge in [-0.3, -0.25) is 9.59 Å². The number of hydrogen-bond donors (Lipinski definition) is 0. The summed E-state index contributed by atoms with van der Waals surface area (Å²) in [7, 11) is 0. The first-order valence-corrected chi connectivity index (χ1v) is 8.25. The lowest BCUT2D eigenvalue weighted by molar-refractivity contribution is -0.156. The zero-order valence-electron chi connectivity index (χ0n) is 12.3. The lowest BCUT2D eigenvalue weighted by Crippen LogP contribution is -2.60. The third-order valence-corrected chi connectivity index (χ3v) is 6.35. The smallest absolute Gasteiger partial charge is 0.246 e. The van der Waals surface area contributed by atoms with Gasteiger partial charge < -0.3 is 9.80 Å². The number of amides is 2. The zero-order chi connectivity index (χ0) is 13.9. The summed E-state index contributed by atoms with van der Waals surface area (Å²) in [5.74, 6) is 2.73. The van der Waals surface area contributed by atoms with Crippen molar-refractivity contribution in [3.63, 3.8) is 0 Å². The number of nitrogens with zero attached hydrogens (tertiary/aromatic N) is 2. The summed E-state index contributed by atoms with van der Waals surface area (Å²) in [6.45, 7) is 3.29. The standard InChI is InChI=1S/C16H24N2O2/c1-10(13-8-11-4-5-12(13)7-11)18-9-15(19)17-6-2-3-14(17)16(18)20/h10-14H,2-9H2,1H3. The minimum Gasteiger partial charge on any atom is -0.329 e. The van der Waals surface area contributed by atoms with Crippen molar-refractivity contribution in [3.8, 4) is 0 Å². The Morgan fingerprint density at radius 1 is 1.15 bits per heavy atom. The van der Waals surface area contributed by atoms with Crippen molar-refractivity contribution in [2.45, 2.75) is 57.5 Å². The van der Waals surface area contributed by atoms with Crippen molar-refractivity contribution < 1.29 is 9.59 Å². The van der Waals surface area contributed by atoms with Gasteiger partial charge in [0.1, 0.15) is 12.6 Å². The quantitative estimate of drug-likeness (QED) is 0.769. The minimum atomic E-state index is -0.141. The Morgan fingerprint density at radius 3 is 2.70 bits per heavy atom. The van der Waals surface area contributed by atoms with Gasteiger partial charge in [0, 0.05) is 12.6 Å². The van der Waals surface area contributed by atoms with Crippen LogP contribution in [0.15, 0.2) is 0 Å². The van der Waals surface area contributed by atoms with Crippen molar-refractivity contribution >= 4 is 11.8 Å². The molecule has 0 N–H and O–H groups in total. The zero-order valence-corrected chi connectivity index (χ0v) is 12.3. The van der Waals surface area contributed by atoms with E-state index in [0.29, 0.717) is 12.5 Å². The molecule has 0 radical (unpaired) electrons. The summed E-state index contributed by atoms with van der Waals surface area (Å²) in [5, 5.41) is 0. The molecule has 0 spiro atoms. The van der Waals surface area contributed by atoms with E-state index in [-0.39, 0.29) is 23.9 Å². The van der Waals surface area contributed by atoms with Gasteiger partial charge in [-0.25, -0.2) is 0 Å². The van der Waals surface area contributed by atoms with E-state index in [2.05, 4.69) is 6.92 Å². The Kier molecular flexibility index (Phi) is 2.83. The molecular weight excluding hydrogens is 252 g/mol. The monoisotopic (exact) mass is 276 g/mol.